The zero-order valence-electron chi connectivity index (χ0n) is 19.9. The Hall–Kier alpha value is -1.72. The molecule has 170 valence electrons. The molecule has 2 unspecified atom stereocenters. The number of unbranched alkanes of at least 4 members (excludes halogenated alkanes) is 8. The maximum atomic E-state index is 13.3. The maximum absolute atomic E-state index is 13.3. The summed E-state index contributed by atoms with van der Waals surface area (Å²) in [7, 11) is 5.61. The van der Waals surface area contributed by atoms with Gasteiger partial charge in [-0.25, -0.2) is 0 Å². The number of amides is 1. The zero-order chi connectivity index (χ0) is 22.6. The zero-order valence-corrected chi connectivity index (χ0v) is 19.9. The molecule has 0 spiro atoms. The number of primary amides is 1. The van der Waals surface area contributed by atoms with Crippen LogP contribution in [-0.2, 0) is 9.59 Å². The number of nitrogens with two attached hydrogens (primary N) is 1. The second-order valence-electron chi connectivity index (χ2n) is 9.08. The number of nitrogens with one attached hydrogen (secondary N) is 1. The van der Waals surface area contributed by atoms with Crippen LogP contribution in [0.2, 0.25) is 0 Å². The summed E-state index contributed by atoms with van der Waals surface area (Å²) in [6.45, 7) is 4.13. The van der Waals surface area contributed by atoms with Gasteiger partial charge in [-0.2, -0.15) is 0 Å². The van der Waals surface area contributed by atoms with E-state index in [1.165, 1.54) is 44.9 Å². The van der Waals surface area contributed by atoms with Crippen LogP contribution in [0.3, 0.4) is 0 Å². The van der Waals surface area contributed by atoms with Crippen LogP contribution in [-0.4, -0.2) is 43.0 Å². The lowest BCUT2D eigenvalue weighted by atomic mass is 9.92. The number of nitrogens with zero attached hydrogens (tertiary/aromatic N) is 1. The second kappa shape index (κ2) is 12.9. The number of hydrogen-bond donors (Lipinski definition) is 2. The molecule has 2 atom stereocenters. The highest BCUT2D eigenvalue weighted by Gasteiger charge is 2.52. The van der Waals surface area contributed by atoms with Gasteiger partial charge in [-0.15, -0.1) is 0 Å². The first-order chi connectivity index (χ1) is 14.2. The molecule has 0 aliphatic carbocycles. The number of hydrogen-bond acceptors (Lipinski definition) is 3. The average molecular weight is 419 g/mol. The molecule has 0 heterocycles. The highest BCUT2D eigenvalue weighted by Crippen LogP contribution is 2.34. The van der Waals surface area contributed by atoms with E-state index in [2.05, 4.69) is 12.2 Å². The number of carbonyl (C=O) groups excluding carboxylic acids is 2. The topological polar surface area (TPSA) is 72.2 Å². The van der Waals surface area contributed by atoms with Gasteiger partial charge >= 0.3 is 0 Å². The van der Waals surface area contributed by atoms with Crippen molar-refractivity contribution in [3.05, 3.63) is 35.9 Å². The molecule has 0 saturated heterocycles. The van der Waals surface area contributed by atoms with E-state index in [0.717, 1.165) is 18.4 Å². The van der Waals surface area contributed by atoms with Crippen molar-refractivity contribution in [2.45, 2.75) is 89.8 Å². The molecule has 30 heavy (non-hydrogen) atoms. The van der Waals surface area contributed by atoms with E-state index < -0.39 is 17.6 Å². The first-order valence-corrected chi connectivity index (χ1v) is 11.6. The third-order valence-corrected chi connectivity index (χ3v) is 6.72. The predicted molar refractivity (Wildman–Crippen MR) is 125 cm³/mol. The fourth-order valence-corrected chi connectivity index (χ4v) is 4.34. The first-order valence-electron chi connectivity index (χ1n) is 11.6. The quantitative estimate of drug-likeness (QED) is 0.232. The Morgan fingerprint density at radius 1 is 0.967 bits per heavy atom. The van der Waals surface area contributed by atoms with E-state index in [1.54, 1.807) is 7.05 Å². The number of quaternary nitrogens is 1. The van der Waals surface area contributed by atoms with Crippen molar-refractivity contribution in [3.8, 4) is 0 Å². The summed E-state index contributed by atoms with van der Waals surface area (Å²) < 4.78 is 0.138. The van der Waals surface area contributed by atoms with E-state index in [4.69, 9.17) is 5.73 Å². The van der Waals surface area contributed by atoms with E-state index in [-0.39, 0.29) is 10.3 Å². The third kappa shape index (κ3) is 6.92. The van der Waals surface area contributed by atoms with Gasteiger partial charge in [0.25, 0.3) is 5.91 Å². The molecule has 0 aliphatic rings. The van der Waals surface area contributed by atoms with Gasteiger partial charge in [0.05, 0.1) is 14.1 Å². The Balaban J connectivity index is 2.71. The van der Waals surface area contributed by atoms with Gasteiger partial charge in [-0.05, 0) is 13.5 Å². The molecule has 0 fully saturated rings. The van der Waals surface area contributed by atoms with Gasteiger partial charge in [-0.3, -0.25) is 19.4 Å². The highest BCUT2D eigenvalue weighted by atomic mass is 16.2. The van der Waals surface area contributed by atoms with Crippen LogP contribution < -0.4 is 11.1 Å². The number of Topliss-reactive ketones (excluding diaryl/α,β-unsaturated/α-hetero) is 1. The Labute approximate surface area is 184 Å². The maximum Gasteiger partial charge on any atom is 0.280 e. The summed E-state index contributed by atoms with van der Waals surface area (Å²) >= 11 is 0. The minimum absolute atomic E-state index is 0.125. The fraction of sp³-hybridized carbons (Fsp3) is 0.680. The largest absolute Gasteiger partial charge is 0.364 e. The Bertz CT molecular complexity index is 645. The standard InChI is InChI=1S/C25H43N3O2/c1-6-7-8-9-10-11-12-13-17-20-22(29)25(2,27-3)28(4,5)23(24(26)30)21-18-15-14-16-19-21/h14-16,18-19,23,27H,6-13,17,20H2,1-5H3,(H-,26,30)/p+1. The number of benzene rings is 1. The lowest BCUT2D eigenvalue weighted by Gasteiger charge is -2.48. The van der Waals surface area contributed by atoms with Crippen LogP contribution in [0.25, 0.3) is 0 Å². The van der Waals surface area contributed by atoms with E-state index in [1.807, 2.05) is 51.4 Å². The number of rotatable bonds is 16. The normalized spacial score (nSPS) is 14.8. The molecule has 0 bridgehead atoms. The third-order valence-electron chi connectivity index (χ3n) is 6.72. The Morgan fingerprint density at radius 2 is 1.47 bits per heavy atom. The summed E-state index contributed by atoms with van der Waals surface area (Å²) in [5, 5.41) is 3.22. The van der Waals surface area contributed by atoms with Gasteiger partial charge in [0.15, 0.2) is 6.04 Å². The molecule has 0 saturated carbocycles. The van der Waals surface area contributed by atoms with Crippen molar-refractivity contribution in [1.29, 1.82) is 0 Å². The van der Waals surface area contributed by atoms with Crippen molar-refractivity contribution in [3.63, 3.8) is 0 Å². The van der Waals surface area contributed by atoms with Gasteiger partial charge in [0.2, 0.25) is 11.4 Å². The monoisotopic (exact) mass is 418 g/mol. The second-order valence-corrected chi connectivity index (χ2v) is 9.08. The fourth-order valence-electron chi connectivity index (χ4n) is 4.34. The summed E-state index contributed by atoms with van der Waals surface area (Å²) in [6, 6.07) is 8.88. The first kappa shape index (κ1) is 26.3. The molecule has 5 nitrogen and oxygen atoms in total. The van der Waals surface area contributed by atoms with Gasteiger partial charge in [-0.1, -0.05) is 88.6 Å². The van der Waals surface area contributed by atoms with E-state index >= 15 is 0 Å². The predicted octanol–water partition coefficient (Wildman–Crippen LogP) is 4.72. The van der Waals surface area contributed by atoms with Crippen LogP contribution in [0.15, 0.2) is 30.3 Å². The molecule has 5 heteroatoms. The summed E-state index contributed by atoms with van der Waals surface area (Å²) in [6.07, 6.45) is 11.5. The van der Waals surface area contributed by atoms with Crippen molar-refractivity contribution >= 4 is 11.7 Å². The Morgan fingerprint density at radius 3 is 1.93 bits per heavy atom. The Kier molecular flexibility index (Phi) is 11.3. The lowest BCUT2D eigenvalue weighted by Crippen LogP contribution is -2.71. The van der Waals surface area contributed by atoms with E-state index in [9.17, 15) is 9.59 Å². The lowest BCUT2D eigenvalue weighted by molar-refractivity contribution is -0.952. The molecular formula is C25H44N3O2+. The van der Waals surface area contributed by atoms with Crippen LogP contribution in [0.5, 0.6) is 0 Å². The summed E-state index contributed by atoms with van der Waals surface area (Å²) in [5.41, 5.74) is 5.73. The van der Waals surface area contributed by atoms with Crippen LogP contribution >= 0.6 is 0 Å². The molecule has 1 aromatic rings. The summed E-state index contributed by atoms with van der Waals surface area (Å²) in [5.74, 6) is -0.302. The summed E-state index contributed by atoms with van der Waals surface area (Å²) in [4.78, 5) is 25.7. The SMILES string of the molecule is CCCCCCCCCCCC(=O)C(C)(NC)[N+](C)(C)C(C(N)=O)c1ccccc1. The number of ketones is 1. The molecule has 3 N–H and O–H groups in total. The van der Waals surface area contributed by atoms with Crippen molar-refractivity contribution in [2.75, 3.05) is 21.1 Å². The molecule has 0 radical (unpaired) electrons. The van der Waals surface area contributed by atoms with Crippen molar-refractivity contribution in [1.82, 2.24) is 5.32 Å². The molecule has 1 rings (SSSR count). The number of carbonyl (C=O) groups is 2. The average Bonchev–Trinajstić information content (AvgIpc) is 2.71. The van der Waals surface area contributed by atoms with Gasteiger partial charge in [0, 0.05) is 18.9 Å². The van der Waals surface area contributed by atoms with Crippen LogP contribution in [0.1, 0.15) is 89.7 Å². The molecule has 0 aliphatic heterocycles. The number of likely N-dealkylation sites (N-methyl/N-ethyl adjacent to an activating group) is 2. The van der Waals surface area contributed by atoms with Gasteiger partial charge in [0.1, 0.15) is 0 Å². The smallest absolute Gasteiger partial charge is 0.280 e. The minimum Gasteiger partial charge on any atom is -0.364 e. The van der Waals surface area contributed by atoms with Crippen molar-refractivity contribution in [2.24, 2.45) is 5.73 Å². The highest BCUT2D eigenvalue weighted by molar-refractivity contribution is 5.87. The minimum atomic E-state index is -0.907. The molecule has 1 aromatic carbocycles. The van der Waals surface area contributed by atoms with Crippen molar-refractivity contribution < 1.29 is 14.1 Å². The van der Waals surface area contributed by atoms with Gasteiger partial charge < -0.3 is 5.73 Å². The van der Waals surface area contributed by atoms with Crippen LogP contribution in [0, 0.1) is 0 Å². The molecule has 0 aromatic heterocycles. The van der Waals surface area contributed by atoms with Crippen LogP contribution in [0.4, 0.5) is 0 Å². The molecular weight excluding hydrogens is 374 g/mol. The van der Waals surface area contributed by atoms with E-state index in [0.29, 0.717) is 6.42 Å². The molecule has 1 amide bonds.